The first-order valence-electron chi connectivity index (χ1n) is 10.1. The normalized spacial score (nSPS) is 18.2. The van der Waals surface area contributed by atoms with E-state index in [2.05, 4.69) is 5.32 Å². The first-order valence-corrected chi connectivity index (χ1v) is 10.1. The average Bonchev–Trinajstić information content (AvgIpc) is 2.79. The molecule has 0 saturated carbocycles. The van der Waals surface area contributed by atoms with Gasteiger partial charge in [-0.05, 0) is 37.1 Å². The Kier molecular flexibility index (Phi) is 7.07. The maximum Gasteiger partial charge on any atom is 0.336 e. The summed E-state index contributed by atoms with van der Waals surface area (Å²) in [5, 5.41) is 2.75. The second-order valence-electron chi connectivity index (χ2n) is 6.84. The van der Waals surface area contributed by atoms with Crippen molar-refractivity contribution >= 4 is 23.5 Å². The van der Waals surface area contributed by atoms with E-state index >= 15 is 0 Å². The average molecular weight is 423 g/mol. The molecule has 1 N–H and O–H groups in total. The molecule has 0 bridgehead atoms. The number of esters is 2. The lowest BCUT2D eigenvalue weighted by molar-refractivity contribution is -0.153. The number of ether oxygens (including phenoxy) is 3. The van der Waals surface area contributed by atoms with Gasteiger partial charge in [0.1, 0.15) is 11.7 Å². The van der Waals surface area contributed by atoms with Crippen molar-refractivity contribution in [2.75, 3.05) is 20.3 Å². The van der Waals surface area contributed by atoms with Crippen LogP contribution in [0, 0.1) is 5.92 Å². The van der Waals surface area contributed by atoms with Crippen LogP contribution in [0.4, 0.5) is 0 Å². The summed E-state index contributed by atoms with van der Waals surface area (Å²) in [5.41, 5.74) is 1.77. The minimum Gasteiger partial charge on any atom is -0.497 e. The second-order valence-corrected chi connectivity index (χ2v) is 6.84. The Hall–Kier alpha value is -3.61. The molecular formula is C24H25NO6. The molecule has 2 atom stereocenters. The first kappa shape index (κ1) is 22.1. The monoisotopic (exact) mass is 423 g/mol. The van der Waals surface area contributed by atoms with Gasteiger partial charge in [0, 0.05) is 5.92 Å². The summed E-state index contributed by atoms with van der Waals surface area (Å²) < 4.78 is 15.7. The van der Waals surface area contributed by atoms with Crippen LogP contribution in [0.15, 0.2) is 60.2 Å². The molecule has 1 aliphatic rings. The molecule has 2 aromatic carbocycles. The Labute approximate surface area is 181 Å². The third-order valence-electron chi connectivity index (χ3n) is 5.02. The number of methoxy groups -OCH3 is 1. The van der Waals surface area contributed by atoms with Crippen molar-refractivity contribution in [2.45, 2.75) is 19.8 Å². The number of rotatable bonds is 7. The van der Waals surface area contributed by atoms with E-state index in [9.17, 15) is 14.4 Å². The van der Waals surface area contributed by atoms with Gasteiger partial charge in [0.05, 0.1) is 31.6 Å². The number of amides is 1. The molecule has 0 fully saturated rings. The Bertz CT molecular complexity index is 981. The fourth-order valence-electron chi connectivity index (χ4n) is 3.66. The summed E-state index contributed by atoms with van der Waals surface area (Å²) >= 11 is 0. The summed E-state index contributed by atoms with van der Waals surface area (Å²) in [6, 6.07) is 15.9. The maximum atomic E-state index is 13.1. The molecule has 0 aromatic heterocycles. The van der Waals surface area contributed by atoms with E-state index in [-0.39, 0.29) is 18.8 Å². The van der Waals surface area contributed by atoms with Crippen molar-refractivity contribution in [3.05, 3.63) is 71.3 Å². The molecule has 0 aliphatic carbocycles. The number of carbonyl (C=O) groups excluding carboxylic acids is 3. The lowest BCUT2D eigenvalue weighted by Gasteiger charge is -2.33. The minimum atomic E-state index is -1.24. The van der Waals surface area contributed by atoms with Gasteiger partial charge in [-0.1, -0.05) is 42.5 Å². The fourth-order valence-corrected chi connectivity index (χ4v) is 3.66. The zero-order valence-electron chi connectivity index (χ0n) is 17.7. The highest BCUT2D eigenvalue weighted by atomic mass is 16.5. The summed E-state index contributed by atoms with van der Waals surface area (Å²) in [5.74, 6) is -3.34. The molecule has 31 heavy (non-hydrogen) atoms. The predicted molar refractivity (Wildman–Crippen MR) is 114 cm³/mol. The van der Waals surface area contributed by atoms with Crippen LogP contribution in [0.1, 0.15) is 30.9 Å². The Morgan fingerprint density at radius 1 is 0.935 bits per heavy atom. The van der Waals surface area contributed by atoms with Crippen LogP contribution in [0.5, 0.6) is 5.75 Å². The van der Waals surface area contributed by atoms with Crippen LogP contribution in [-0.2, 0) is 23.9 Å². The Morgan fingerprint density at radius 3 is 2.16 bits per heavy atom. The number of hydrogen-bond donors (Lipinski definition) is 1. The van der Waals surface area contributed by atoms with E-state index in [0.717, 1.165) is 0 Å². The van der Waals surface area contributed by atoms with E-state index in [1.807, 2.05) is 6.07 Å². The molecule has 7 nitrogen and oxygen atoms in total. The van der Waals surface area contributed by atoms with Crippen LogP contribution < -0.4 is 10.1 Å². The van der Waals surface area contributed by atoms with Crippen LogP contribution in [0.3, 0.4) is 0 Å². The summed E-state index contributed by atoms with van der Waals surface area (Å²) in [6.45, 7) is 3.63. The van der Waals surface area contributed by atoms with Gasteiger partial charge in [-0.2, -0.15) is 0 Å². The van der Waals surface area contributed by atoms with Crippen LogP contribution >= 0.6 is 0 Å². The largest absolute Gasteiger partial charge is 0.497 e. The molecule has 0 saturated heterocycles. The van der Waals surface area contributed by atoms with Crippen LogP contribution in [-0.4, -0.2) is 38.2 Å². The van der Waals surface area contributed by atoms with Crippen LogP contribution in [0.25, 0.3) is 5.70 Å². The molecule has 1 amide bonds. The number of hydrogen-bond acceptors (Lipinski definition) is 6. The van der Waals surface area contributed by atoms with Gasteiger partial charge in [0.15, 0.2) is 0 Å². The lowest BCUT2D eigenvalue weighted by Crippen LogP contribution is -2.46. The highest BCUT2D eigenvalue weighted by Crippen LogP contribution is 2.41. The highest BCUT2D eigenvalue weighted by Gasteiger charge is 2.47. The first-order chi connectivity index (χ1) is 15.0. The van der Waals surface area contributed by atoms with E-state index in [4.69, 9.17) is 14.2 Å². The van der Waals surface area contributed by atoms with E-state index in [0.29, 0.717) is 22.6 Å². The molecule has 0 radical (unpaired) electrons. The van der Waals surface area contributed by atoms with Gasteiger partial charge < -0.3 is 19.5 Å². The molecule has 3 rings (SSSR count). The zero-order chi connectivity index (χ0) is 22.4. The summed E-state index contributed by atoms with van der Waals surface area (Å²) in [7, 11) is 1.54. The second kappa shape index (κ2) is 9.93. The van der Waals surface area contributed by atoms with Gasteiger partial charge in [0.2, 0.25) is 5.91 Å². The lowest BCUT2D eigenvalue weighted by atomic mass is 9.75. The molecule has 1 aliphatic heterocycles. The van der Waals surface area contributed by atoms with Gasteiger partial charge in [-0.25, -0.2) is 4.79 Å². The maximum absolute atomic E-state index is 13.1. The van der Waals surface area contributed by atoms with Gasteiger partial charge >= 0.3 is 11.9 Å². The molecule has 162 valence electrons. The predicted octanol–water partition coefficient (Wildman–Crippen LogP) is 3.06. The number of benzene rings is 2. The quantitative estimate of drug-likeness (QED) is 0.544. The Morgan fingerprint density at radius 2 is 1.58 bits per heavy atom. The van der Waals surface area contributed by atoms with Gasteiger partial charge in [0.25, 0.3) is 0 Å². The SMILES string of the molecule is CCOC(=O)C1=C(c2ccccc2)NC(=O)[C@@H](C(=O)OCC)[C@@H]1c1ccc(OC)cc1. The molecule has 0 spiro atoms. The molecule has 2 aromatic rings. The molecular weight excluding hydrogens is 398 g/mol. The van der Waals surface area contributed by atoms with Crippen molar-refractivity contribution in [3.8, 4) is 5.75 Å². The third-order valence-corrected chi connectivity index (χ3v) is 5.02. The van der Waals surface area contributed by atoms with Crippen LogP contribution in [0.2, 0.25) is 0 Å². The molecule has 7 heteroatoms. The van der Waals surface area contributed by atoms with E-state index < -0.39 is 29.7 Å². The van der Waals surface area contributed by atoms with E-state index in [1.165, 1.54) is 0 Å². The highest BCUT2D eigenvalue weighted by molar-refractivity contribution is 6.11. The van der Waals surface area contributed by atoms with Crippen molar-refractivity contribution in [2.24, 2.45) is 5.92 Å². The Balaban J connectivity index is 2.26. The molecule has 0 unspecified atom stereocenters. The summed E-state index contributed by atoms with van der Waals surface area (Å²) in [4.78, 5) is 39.0. The van der Waals surface area contributed by atoms with Crippen molar-refractivity contribution in [1.29, 1.82) is 0 Å². The number of carbonyl (C=O) groups is 3. The van der Waals surface area contributed by atoms with Crippen molar-refractivity contribution in [3.63, 3.8) is 0 Å². The minimum absolute atomic E-state index is 0.113. The summed E-state index contributed by atoms with van der Waals surface area (Å²) in [6.07, 6.45) is 0. The topological polar surface area (TPSA) is 90.9 Å². The standard InChI is InChI=1S/C24H25NO6/c1-4-30-23(27)19-18(15-11-13-17(29-3)14-12-15)20(24(28)31-5-2)22(26)25-21(19)16-9-7-6-8-10-16/h6-14,18,20H,4-5H2,1-3H3,(H,25,26)/t18-,20+/m1/s1. The van der Waals surface area contributed by atoms with E-state index in [1.54, 1.807) is 69.5 Å². The fraction of sp³-hybridized carbons (Fsp3) is 0.292. The van der Waals surface area contributed by atoms with Gasteiger partial charge in [-0.3, -0.25) is 9.59 Å². The smallest absolute Gasteiger partial charge is 0.336 e. The van der Waals surface area contributed by atoms with Crippen molar-refractivity contribution < 1.29 is 28.6 Å². The third kappa shape index (κ3) is 4.60. The van der Waals surface area contributed by atoms with Crippen molar-refractivity contribution in [1.82, 2.24) is 5.32 Å². The zero-order valence-corrected chi connectivity index (χ0v) is 17.7. The number of nitrogens with one attached hydrogen (secondary N) is 1. The molecule has 1 heterocycles. The van der Waals surface area contributed by atoms with Gasteiger partial charge in [-0.15, -0.1) is 0 Å².